The summed E-state index contributed by atoms with van der Waals surface area (Å²) in [7, 11) is 0. The van der Waals surface area contributed by atoms with E-state index in [1.54, 1.807) is 30.3 Å². The van der Waals surface area contributed by atoms with Crippen LogP contribution in [0.2, 0.25) is 10.0 Å². The fourth-order valence-electron chi connectivity index (χ4n) is 1.77. The Morgan fingerprint density at radius 2 is 1.74 bits per heavy atom. The first-order chi connectivity index (χ1) is 11.0. The average Bonchev–Trinajstić information content (AvgIpc) is 2.53. The van der Waals surface area contributed by atoms with Crippen LogP contribution in [0.3, 0.4) is 0 Å². The number of anilines is 1. The van der Waals surface area contributed by atoms with Gasteiger partial charge in [0, 0.05) is 0 Å². The van der Waals surface area contributed by atoms with E-state index in [4.69, 9.17) is 33.2 Å². The molecule has 0 unspecified atom stereocenters. The van der Waals surface area contributed by atoms with Crippen molar-refractivity contribution in [3.63, 3.8) is 0 Å². The van der Waals surface area contributed by atoms with Crippen LogP contribution in [0.5, 0.6) is 0 Å². The molecule has 0 fully saturated rings. The number of halogens is 2. The molecule has 0 spiro atoms. The third kappa shape index (κ3) is 4.22. The van der Waals surface area contributed by atoms with Gasteiger partial charge in [-0.3, -0.25) is 4.79 Å². The predicted octanol–water partition coefficient (Wildman–Crippen LogP) is 3.66. The second-order valence-electron chi connectivity index (χ2n) is 4.38. The molecule has 2 aromatic carbocycles. The van der Waals surface area contributed by atoms with Crippen molar-refractivity contribution in [2.45, 2.75) is 0 Å². The summed E-state index contributed by atoms with van der Waals surface area (Å²) in [6.45, 7) is -0.528. The Kier molecular flexibility index (Phi) is 5.58. The van der Waals surface area contributed by atoms with E-state index in [1.165, 1.54) is 12.1 Å². The third-order valence-electron chi connectivity index (χ3n) is 2.82. The Bertz CT molecular complexity index is 780. The van der Waals surface area contributed by atoms with Gasteiger partial charge in [-0.1, -0.05) is 41.4 Å². The summed E-state index contributed by atoms with van der Waals surface area (Å²) >= 11 is 11.8. The highest BCUT2D eigenvalue weighted by atomic mass is 35.5. The van der Waals surface area contributed by atoms with Crippen molar-refractivity contribution in [1.29, 1.82) is 5.26 Å². The number of ether oxygens (including phenoxy) is 1. The number of rotatable bonds is 4. The van der Waals surface area contributed by atoms with Gasteiger partial charge in [-0.05, 0) is 24.3 Å². The zero-order valence-electron chi connectivity index (χ0n) is 11.7. The van der Waals surface area contributed by atoms with Crippen LogP contribution in [-0.2, 0) is 9.53 Å². The lowest BCUT2D eigenvalue weighted by atomic mass is 10.2. The van der Waals surface area contributed by atoms with Crippen LogP contribution in [0.4, 0.5) is 5.69 Å². The Labute approximate surface area is 142 Å². The molecule has 0 aliphatic heterocycles. The number of nitrogens with one attached hydrogen (secondary N) is 1. The van der Waals surface area contributed by atoms with Gasteiger partial charge in [-0.2, -0.15) is 5.26 Å². The van der Waals surface area contributed by atoms with Gasteiger partial charge < -0.3 is 10.1 Å². The summed E-state index contributed by atoms with van der Waals surface area (Å²) < 4.78 is 4.89. The number of nitrogens with zero attached hydrogens (tertiary/aromatic N) is 1. The first kappa shape index (κ1) is 16.8. The van der Waals surface area contributed by atoms with Crippen molar-refractivity contribution in [3.8, 4) is 6.07 Å². The Hall–Kier alpha value is -2.55. The van der Waals surface area contributed by atoms with Crippen molar-refractivity contribution < 1.29 is 14.3 Å². The van der Waals surface area contributed by atoms with Gasteiger partial charge in [-0.25, -0.2) is 4.79 Å². The lowest BCUT2D eigenvalue weighted by molar-refractivity contribution is -0.119. The van der Waals surface area contributed by atoms with Crippen LogP contribution < -0.4 is 5.32 Å². The molecule has 5 nitrogen and oxygen atoms in total. The largest absolute Gasteiger partial charge is 0.452 e. The Morgan fingerprint density at radius 1 is 1.09 bits per heavy atom. The summed E-state index contributed by atoms with van der Waals surface area (Å²) in [4.78, 5) is 23.8. The Morgan fingerprint density at radius 3 is 2.39 bits per heavy atom. The van der Waals surface area contributed by atoms with Gasteiger partial charge in [0.15, 0.2) is 6.61 Å². The highest BCUT2D eigenvalue weighted by Gasteiger charge is 2.17. The normalized spacial score (nSPS) is 9.78. The van der Waals surface area contributed by atoms with E-state index in [2.05, 4.69) is 5.32 Å². The number of hydrogen-bond acceptors (Lipinski definition) is 4. The standard InChI is InChI=1S/C16H10Cl2N2O3/c17-11-5-3-6-12(18)15(11)16(22)23-9-14(21)20-13-7-2-1-4-10(13)8-19/h1-7H,9H2,(H,20,21). The average molecular weight is 349 g/mol. The van der Waals surface area contributed by atoms with Crippen LogP contribution in [0, 0.1) is 11.3 Å². The maximum absolute atomic E-state index is 11.9. The predicted molar refractivity (Wildman–Crippen MR) is 86.5 cm³/mol. The molecule has 2 rings (SSSR count). The van der Waals surface area contributed by atoms with Gasteiger partial charge in [0.05, 0.1) is 26.9 Å². The first-order valence-corrected chi connectivity index (χ1v) is 7.18. The molecule has 0 radical (unpaired) electrons. The second-order valence-corrected chi connectivity index (χ2v) is 5.19. The van der Waals surface area contributed by atoms with E-state index < -0.39 is 18.5 Å². The van der Waals surface area contributed by atoms with Gasteiger partial charge in [0.25, 0.3) is 5.91 Å². The number of carbonyl (C=O) groups is 2. The van der Waals surface area contributed by atoms with E-state index >= 15 is 0 Å². The molecule has 2 aromatic rings. The summed E-state index contributed by atoms with van der Waals surface area (Å²) in [6.07, 6.45) is 0. The quantitative estimate of drug-likeness (QED) is 0.855. The minimum Gasteiger partial charge on any atom is -0.452 e. The molecule has 116 valence electrons. The molecule has 0 aliphatic carbocycles. The molecule has 23 heavy (non-hydrogen) atoms. The van der Waals surface area contributed by atoms with E-state index in [9.17, 15) is 9.59 Å². The lowest BCUT2D eigenvalue weighted by Crippen LogP contribution is -2.21. The number of nitriles is 1. The van der Waals surface area contributed by atoms with Crippen molar-refractivity contribution in [2.24, 2.45) is 0 Å². The monoisotopic (exact) mass is 348 g/mol. The van der Waals surface area contributed by atoms with Crippen LogP contribution in [0.25, 0.3) is 0 Å². The smallest absolute Gasteiger partial charge is 0.341 e. The molecule has 0 heterocycles. The molecule has 0 saturated heterocycles. The fraction of sp³-hybridized carbons (Fsp3) is 0.0625. The topological polar surface area (TPSA) is 79.2 Å². The molecular weight excluding hydrogens is 339 g/mol. The molecule has 0 aliphatic rings. The van der Waals surface area contributed by atoms with Crippen molar-refractivity contribution >= 4 is 40.8 Å². The summed E-state index contributed by atoms with van der Waals surface area (Å²) in [5, 5.41) is 11.7. The van der Waals surface area contributed by atoms with Gasteiger partial charge >= 0.3 is 5.97 Å². The van der Waals surface area contributed by atoms with E-state index in [1.807, 2.05) is 6.07 Å². The maximum atomic E-state index is 11.9. The molecule has 0 atom stereocenters. The van der Waals surface area contributed by atoms with E-state index in [-0.39, 0.29) is 15.6 Å². The van der Waals surface area contributed by atoms with E-state index in [0.29, 0.717) is 11.3 Å². The van der Waals surface area contributed by atoms with Gasteiger partial charge in [-0.15, -0.1) is 0 Å². The Balaban J connectivity index is 2.00. The summed E-state index contributed by atoms with van der Waals surface area (Å²) in [6, 6.07) is 13.0. The maximum Gasteiger partial charge on any atom is 0.341 e. The number of benzene rings is 2. The molecule has 0 saturated carbocycles. The number of hydrogen-bond donors (Lipinski definition) is 1. The number of amides is 1. The van der Waals surface area contributed by atoms with Crippen molar-refractivity contribution in [1.82, 2.24) is 0 Å². The molecule has 0 aromatic heterocycles. The summed E-state index contributed by atoms with van der Waals surface area (Å²) in [5.74, 6) is -1.38. The molecule has 1 N–H and O–H groups in total. The minimum absolute atomic E-state index is 0.000980. The molecule has 0 bridgehead atoms. The van der Waals surface area contributed by atoms with Gasteiger partial charge in [0.2, 0.25) is 0 Å². The fourth-order valence-corrected chi connectivity index (χ4v) is 2.32. The minimum atomic E-state index is -0.802. The summed E-state index contributed by atoms with van der Waals surface area (Å²) in [5.41, 5.74) is 0.647. The third-order valence-corrected chi connectivity index (χ3v) is 3.45. The zero-order chi connectivity index (χ0) is 16.8. The molecule has 7 heteroatoms. The number of para-hydroxylation sites is 1. The number of carbonyl (C=O) groups excluding carboxylic acids is 2. The van der Waals surface area contributed by atoms with Crippen LogP contribution in [0.1, 0.15) is 15.9 Å². The van der Waals surface area contributed by atoms with Crippen LogP contribution >= 0.6 is 23.2 Å². The first-order valence-electron chi connectivity index (χ1n) is 6.43. The zero-order valence-corrected chi connectivity index (χ0v) is 13.2. The second kappa shape index (κ2) is 7.63. The molecular formula is C16H10Cl2N2O3. The SMILES string of the molecule is N#Cc1ccccc1NC(=O)COC(=O)c1c(Cl)cccc1Cl. The lowest BCUT2D eigenvalue weighted by Gasteiger charge is -2.09. The number of esters is 1. The van der Waals surface area contributed by atoms with Gasteiger partial charge in [0.1, 0.15) is 6.07 Å². The highest BCUT2D eigenvalue weighted by Crippen LogP contribution is 2.24. The van der Waals surface area contributed by atoms with Crippen LogP contribution in [0.15, 0.2) is 42.5 Å². The van der Waals surface area contributed by atoms with E-state index in [0.717, 1.165) is 0 Å². The molecule has 1 amide bonds. The van der Waals surface area contributed by atoms with Crippen molar-refractivity contribution in [3.05, 3.63) is 63.6 Å². The van der Waals surface area contributed by atoms with Crippen LogP contribution in [-0.4, -0.2) is 18.5 Å². The van der Waals surface area contributed by atoms with Crippen molar-refractivity contribution in [2.75, 3.05) is 11.9 Å². The highest BCUT2D eigenvalue weighted by molar-refractivity contribution is 6.39.